The van der Waals surface area contributed by atoms with Gasteiger partial charge in [0.1, 0.15) is 0 Å². The molecule has 1 saturated carbocycles. The van der Waals surface area contributed by atoms with Crippen molar-refractivity contribution in [2.45, 2.75) is 36.3 Å². The van der Waals surface area contributed by atoms with E-state index in [0.29, 0.717) is 0 Å². The molecule has 116 valence electrons. The highest BCUT2D eigenvalue weighted by Crippen LogP contribution is 2.24. The van der Waals surface area contributed by atoms with Crippen LogP contribution in [0.5, 0.6) is 0 Å². The maximum Gasteiger partial charge on any atom is 0.339 e. The van der Waals surface area contributed by atoms with Gasteiger partial charge in [-0.3, -0.25) is 0 Å². The molecule has 1 aromatic carbocycles. The van der Waals surface area contributed by atoms with Gasteiger partial charge in [0.25, 0.3) is 0 Å². The monoisotopic (exact) mass is 313 g/mol. The molecule has 1 aliphatic carbocycles. The van der Waals surface area contributed by atoms with Crippen LogP contribution in [0.15, 0.2) is 29.2 Å². The molecule has 1 fully saturated rings. The molecule has 2 atom stereocenters. The van der Waals surface area contributed by atoms with Gasteiger partial charge in [0.2, 0.25) is 10.0 Å². The molecule has 6 nitrogen and oxygen atoms in total. The van der Waals surface area contributed by atoms with E-state index in [0.717, 1.165) is 19.3 Å². The normalized spacial score (nSPS) is 22.2. The number of ether oxygens (including phenoxy) is 2. The summed E-state index contributed by atoms with van der Waals surface area (Å²) in [5.41, 5.74) is 0.0273. The van der Waals surface area contributed by atoms with Gasteiger partial charge >= 0.3 is 5.97 Å². The van der Waals surface area contributed by atoms with E-state index in [1.165, 1.54) is 19.2 Å². The van der Waals surface area contributed by atoms with Gasteiger partial charge < -0.3 is 9.47 Å². The summed E-state index contributed by atoms with van der Waals surface area (Å²) in [6.45, 7) is 0. The van der Waals surface area contributed by atoms with Crippen LogP contribution in [0.2, 0.25) is 0 Å². The van der Waals surface area contributed by atoms with Crippen LogP contribution in [0.25, 0.3) is 0 Å². The summed E-state index contributed by atoms with van der Waals surface area (Å²) in [7, 11) is -1.01. The largest absolute Gasteiger partial charge is 0.465 e. The average molecular weight is 313 g/mol. The minimum atomic E-state index is -3.80. The first-order chi connectivity index (χ1) is 9.99. The topological polar surface area (TPSA) is 81.7 Å². The first kappa shape index (κ1) is 15.9. The molecule has 1 N–H and O–H groups in total. The van der Waals surface area contributed by atoms with Crippen LogP contribution in [-0.4, -0.2) is 40.8 Å². The second-order valence-corrected chi connectivity index (χ2v) is 6.60. The second kappa shape index (κ2) is 6.55. The number of carbonyl (C=O) groups is 1. The summed E-state index contributed by atoms with van der Waals surface area (Å²) >= 11 is 0. The third-order valence-electron chi connectivity index (χ3n) is 3.64. The Morgan fingerprint density at radius 3 is 2.62 bits per heavy atom. The van der Waals surface area contributed by atoms with Gasteiger partial charge in [0.05, 0.1) is 23.7 Å². The predicted molar refractivity (Wildman–Crippen MR) is 76.5 cm³/mol. The fourth-order valence-electron chi connectivity index (χ4n) is 2.59. The Bertz CT molecular complexity index is 614. The van der Waals surface area contributed by atoms with Crippen LogP contribution in [0.1, 0.15) is 29.6 Å². The third-order valence-corrected chi connectivity index (χ3v) is 5.19. The molecule has 0 aliphatic heterocycles. The maximum absolute atomic E-state index is 12.5. The highest BCUT2D eigenvalue weighted by atomic mass is 32.2. The average Bonchev–Trinajstić information content (AvgIpc) is 2.92. The van der Waals surface area contributed by atoms with Gasteiger partial charge in [-0.05, 0) is 31.4 Å². The molecule has 1 aliphatic rings. The molecule has 2 rings (SSSR count). The summed E-state index contributed by atoms with van der Waals surface area (Å²) in [5, 5.41) is 0. The van der Waals surface area contributed by atoms with Crippen LogP contribution in [0, 0.1) is 0 Å². The maximum atomic E-state index is 12.5. The number of nitrogens with one attached hydrogen (secondary N) is 1. The summed E-state index contributed by atoms with van der Waals surface area (Å²) in [6, 6.07) is 5.72. The number of carbonyl (C=O) groups excluding carboxylic acids is 1. The molecule has 0 bridgehead atoms. The zero-order valence-corrected chi connectivity index (χ0v) is 12.9. The van der Waals surface area contributed by atoms with Gasteiger partial charge in [0, 0.05) is 13.2 Å². The van der Waals surface area contributed by atoms with Crippen molar-refractivity contribution in [1.82, 2.24) is 4.72 Å². The molecule has 0 heterocycles. The van der Waals surface area contributed by atoms with Crippen LogP contribution in [0.4, 0.5) is 0 Å². The van der Waals surface area contributed by atoms with Crippen LogP contribution in [0.3, 0.4) is 0 Å². The second-order valence-electron chi connectivity index (χ2n) is 4.92. The zero-order valence-electron chi connectivity index (χ0n) is 12.0. The highest BCUT2D eigenvalue weighted by Gasteiger charge is 2.32. The Morgan fingerprint density at radius 1 is 1.24 bits per heavy atom. The number of methoxy groups -OCH3 is 2. The molecule has 0 aromatic heterocycles. The molecule has 0 amide bonds. The minimum Gasteiger partial charge on any atom is -0.465 e. The van der Waals surface area contributed by atoms with Crippen molar-refractivity contribution >= 4 is 16.0 Å². The van der Waals surface area contributed by atoms with Gasteiger partial charge in [-0.25, -0.2) is 17.9 Å². The Hall–Kier alpha value is -1.44. The van der Waals surface area contributed by atoms with Crippen molar-refractivity contribution in [2.75, 3.05) is 14.2 Å². The van der Waals surface area contributed by atoms with Crippen molar-refractivity contribution in [3.05, 3.63) is 29.8 Å². The number of benzene rings is 1. The molecule has 0 spiro atoms. The minimum absolute atomic E-state index is 0.0273. The summed E-state index contributed by atoms with van der Waals surface area (Å²) < 4.78 is 37.6. The Balaban J connectivity index is 2.30. The lowest BCUT2D eigenvalue weighted by atomic mass is 10.2. The van der Waals surface area contributed by atoms with Gasteiger partial charge in [-0.2, -0.15) is 0 Å². The smallest absolute Gasteiger partial charge is 0.339 e. The van der Waals surface area contributed by atoms with Gasteiger partial charge in [-0.15, -0.1) is 0 Å². The van der Waals surface area contributed by atoms with E-state index in [1.54, 1.807) is 19.2 Å². The number of sulfonamides is 1. The van der Waals surface area contributed by atoms with Crippen molar-refractivity contribution in [3.8, 4) is 0 Å². The van der Waals surface area contributed by atoms with E-state index in [1.807, 2.05) is 0 Å². The molecule has 21 heavy (non-hydrogen) atoms. The van der Waals surface area contributed by atoms with E-state index in [-0.39, 0.29) is 22.6 Å². The number of esters is 1. The number of hydrogen-bond donors (Lipinski definition) is 1. The van der Waals surface area contributed by atoms with E-state index >= 15 is 0 Å². The van der Waals surface area contributed by atoms with E-state index in [2.05, 4.69) is 9.46 Å². The van der Waals surface area contributed by atoms with Crippen molar-refractivity contribution in [2.24, 2.45) is 0 Å². The quantitative estimate of drug-likeness (QED) is 0.829. The Morgan fingerprint density at radius 2 is 1.95 bits per heavy atom. The number of rotatable bonds is 5. The van der Waals surface area contributed by atoms with Crippen molar-refractivity contribution in [3.63, 3.8) is 0 Å². The SMILES string of the molecule is COC(=O)c1ccccc1S(=O)(=O)NC1CCCC1OC. The van der Waals surface area contributed by atoms with Gasteiger partial charge in [-0.1, -0.05) is 12.1 Å². The lowest BCUT2D eigenvalue weighted by Gasteiger charge is -2.20. The van der Waals surface area contributed by atoms with E-state index in [4.69, 9.17) is 4.74 Å². The van der Waals surface area contributed by atoms with E-state index in [9.17, 15) is 13.2 Å². The fraction of sp³-hybridized carbons (Fsp3) is 0.500. The molecule has 0 radical (unpaired) electrons. The lowest BCUT2D eigenvalue weighted by molar-refractivity contribution is 0.0596. The zero-order chi connectivity index (χ0) is 15.5. The molecular formula is C14H19NO5S. The summed E-state index contributed by atoms with van der Waals surface area (Å²) in [4.78, 5) is 11.6. The standard InChI is InChI=1S/C14H19NO5S/c1-19-12-8-5-7-11(12)15-21(17,18)13-9-4-3-6-10(13)14(16)20-2/h3-4,6,9,11-12,15H,5,7-8H2,1-2H3. The fourth-order valence-corrected chi connectivity index (χ4v) is 4.08. The Labute approximate surface area is 124 Å². The molecule has 7 heteroatoms. The van der Waals surface area contributed by atoms with Gasteiger partial charge in [0.15, 0.2) is 0 Å². The Kier molecular flexibility index (Phi) is 4.97. The number of hydrogen-bond acceptors (Lipinski definition) is 5. The summed E-state index contributed by atoms with van der Waals surface area (Å²) in [6.07, 6.45) is 2.32. The van der Waals surface area contributed by atoms with Crippen LogP contribution >= 0.6 is 0 Å². The van der Waals surface area contributed by atoms with Crippen LogP contribution < -0.4 is 4.72 Å². The lowest BCUT2D eigenvalue weighted by Crippen LogP contribution is -2.41. The first-order valence-corrected chi connectivity index (χ1v) is 8.20. The highest BCUT2D eigenvalue weighted by molar-refractivity contribution is 7.89. The molecular weight excluding hydrogens is 294 g/mol. The van der Waals surface area contributed by atoms with Crippen molar-refractivity contribution in [1.29, 1.82) is 0 Å². The molecule has 2 unspecified atom stereocenters. The summed E-state index contributed by atoms with van der Waals surface area (Å²) in [5.74, 6) is -0.675. The predicted octanol–water partition coefficient (Wildman–Crippen LogP) is 1.32. The molecule has 0 saturated heterocycles. The van der Waals surface area contributed by atoms with E-state index < -0.39 is 16.0 Å². The first-order valence-electron chi connectivity index (χ1n) is 6.72. The van der Waals surface area contributed by atoms with Crippen LogP contribution in [-0.2, 0) is 19.5 Å². The molecule has 1 aromatic rings. The third kappa shape index (κ3) is 3.42. The van der Waals surface area contributed by atoms with Crippen molar-refractivity contribution < 1.29 is 22.7 Å².